The minimum absolute atomic E-state index is 0. The van der Waals surface area contributed by atoms with Crippen molar-refractivity contribution in [2.45, 2.75) is 101 Å². The lowest BCUT2D eigenvalue weighted by Crippen LogP contribution is -2.44. The number of hydrogen-bond donors (Lipinski definition) is 4. The third-order valence-electron chi connectivity index (χ3n) is 22.4. The molecule has 4 aromatic heterocycles. The van der Waals surface area contributed by atoms with E-state index in [4.69, 9.17) is 11.6 Å². The molecule has 4 aliphatic heterocycles. The van der Waals surface area contributed by atoms with Crippen LogP contribution in [0, 0.1) is 17.8 Å². The molecule has 14 aromatic rings. The topological polar surface area (TPSA) is 181 Å². The van der Waals surface area contributed by atoms with E-state index in [9.17, 15) is 19.2 Å². The monoisotopic (exact) mass is 1790 g/mol. The quantitative estimate of drug-likeness (QED) is 0.0340. The van der Waals surface area contributed by atoms with Crippen molar-refractivity contribution in [2.24, 2.45) is 17.8 Å². The number of halogens is 1. The minimum Gasteiger partial charge on any atom is -0.355 e. The zero-order valence-corrected chi connectivity index (χ0v) is 75.3. The van der Waals surface area contributed by atoms with Gasteiger partial charge in [-0.2, -0.15) is 0 Å². The Bertz CT molecular complexity index is 5380. The number of nitrogens with zero attached hydrogens (tertiary/aromatic N) is 8. The van der Waals surface area contributed by atoms with E-state index in [2.05, 4.69) is 212 Å². The first-order valence-corrected chi connectivity index (χ1v) is 49.6. The second kappa shape index (κ2) is 45.4. The van der Waals surface area contributed by atoms with E-state index in [0.29, 0.717) is 40.8 Å². The summed E-state index contributed by atoms with van der Waals surface area (Å²) >= 11 is 18.7. The van der Waals surface area contributed by atoms with Gasteiger partial charge < -0.3 is 26.2 Å². The zero-order valence-electron chi connectivity index (χ0n) is 68.0. The number of fused-ring (bicyclic) bond motifs is 6. The lowest BCUT2D eigenvalue weighted by atomic mass is 9.96. The molecule has 0 saturated carbocycles. The molecule has 4 fully saturated rings. The van der Waals surface area contributed by atoms with Gasteiger partial charge in [0.05, 0.1) is 63.9 Å². The molecule has 10 aromatic carbocycles. The molecule has 4 aliphatic rings. The fraction of sp³-hybridized carbons (Fsp3) is 0.333. The molecule has 634 valence electrons. The number of hydrogen-bond acceptors (Lipinski definition) is 20. The Morgan fingerprint density at radius 1 is 0.364 bits per heavy atom. The van der Waals surface area contributed by atoms with E-state index in [1.807, 2.05) is 84.9 Å². The third-order valence-corrected chi connectivity index (χ3v) is 31.3. The average molecular weight is 1790 g/mol. The van der Waals surface area contributed by atoms with Crippen molar-refractivity contribution in [3.63, 3.8) is 0 Å². The van der Waals surface area contributed by atoms with Crippen molar-refractivity contribution in [2.75, 3.05) is 102 Å². The molecule has 8 heterocycles. The molecule has 0 radical (unpaired) electrons. The molecule has 3 atom stereocenters. The number of likely N-dealkylation sites (tertiary alicyclic amines) is 4. The molecule has 0 aliphatic carbocycles. The van der Waals surface area contributed by atoms with Crippen LogP contribution in [0.5, 0.6) is 0 Å². The number of thioether (sulfide) groups is 4. The Kier molecular flexibility index (Phi) is 32.8. The summed E-state index contributed by atoms with van der Waals surface area (Å²) in [6.45, 7) is 14.8. The van der Waals surface area contributed by atoms with Crippen LogP contribution in [0.4, 0.5) is 0 Å². The van der Waals surface area contributed by atoms with Crippen LogP contribution in [-0.4, -0.2) is 171 Å². The van der Waals surface area contributed by atoms with Crippen molar-refractivity contribution in [3.05, 3.63) is 264 Å². The highest BCUT2D eigenvalue weighted by molar-refractivity contribution is 8.02. The Hall–Kier alpha value is -8.31. The summed E-state index contributed by atoms with van der Waals surface area (Å²) in [5, 5.41) is 18.7. The van der Waals surface area contributed by atoms with Crippen molar-refractivity contribution in [3.8, 4) is 0 Å². The largest absolute Gasteiger partial charge is 0.355 e. The first-order valence-electron chi connectivity index (χ1n) is 42.0. The van der Waals surface area contributed by atoms with Crippen LogP contribution in [0.15, 0.2) is 254 Å². The molecule has 4 N–H and O–H groups in total. The SMILES string of the molecule is O=C(CSc1nc2ccccc2s1)NC1CCN(Cc2ccc(Cl)cc2)CC1.O=C(CSc1nc2ccccc2s1)NCC1CCCN(CCc2ccccc2)C1.O=C(CSc1nc2ccccc2s1)NCC1CCCN(Cc2cccc3ccccc23)C1.O=C(CSc1nc2ccccc2s1)NCC1CCCN(Cc2cccc3ccccc23)C1.[HH].[HH].[HH].[HH]. The molecule has 4 saturated heterocycles. The van der Waals surface area contributed by atoms with Gasteiger partial charge in [0.1, 0.15) is 0 Å². The van der Waals surface area contributed by atoms with Crippen molar-refractivity contribution < 1.29 is 24.9 Å². The van der Waals surface area contributed by atoms with E-state index in [1.165, 1.54) is 155 Å². The molecule has 16 nitrogen and oxygen atoms in total. The molecular formula is C96H111ClN12O4S8. The summed E-state index contributed by atoms with van der Waals surface area (Å²) in [4.78, 5) is 77.9. The van der Waals surface area contributed by atoms with Crippen LogP contribution in [0.1, 0.15) is 79.3 Å². The number of carbonyl (C=O) groups is 4. The van der Waals surface area contributed by atoms with Gasteiger partial charge in [-0.05, 0) is 200 Å². The smallest absolute Gasteiger partial charge is 0.230 e. The summed E-state index contributed by atoms with van der Waals surface area (Å²) in [5.74, 6) is 3.67. The van der Waals surface area contributed by atoms with Crippen LogP contribution in [-0.2, 0) is 45.2 Å². The number of thiazole rings is 4. The van der Waals surface area contributed by atoms with E-state index >= 15 is 0 Å². The highest BCUT2D eigenvalue weighted by Crippen LogP contribution is 2.35. The second-order valence-corrected chi connectivity index (χ2v) is 40.9. The average Bonchev–Trinajstić information content (AvgIpc) is 1.82. The van der Waals surface area contributed by atoms with Crippen LogP contribution in [0.25, 0.3) is 62.4 Å². The van der Waals surface area contributed by atoms with E-state index in [1.54, 1.807) is 45.3 Å². The number of amides is 4. The highest BCUT2D eigenvalue weighted by Gasteiger charge is 2.26. The number of piperidine rings is 4. The molecule has 25 heteroatoms. The maximum atomic E-state index is 12.4. The van der Waals surface area contributed by atoms with Crippen molar-refractivity contribution in [1.82, 2.24) is 60.8 Å². The normalized spacial score (nSPS) is 16.9. The van der Waals surface area contributed by atoms with Gasteiger partial charge >= 0.3 is 0 Å². The third kappa shape index (κ3) is 26.9. The number of aromatic nitrogens is 4. The molecule has 0 bridgehead atoms. The van der Waals surface area contributed by atoms with Crippen molar-refractivity contribution >= 4 is 190 Å². The Morgan fingerprint density at radius 3 is 1.15 bits per heavy atom. The summed E-state index contributed by atoms with van der Waals surface area (Å²) in [5.41, 5.74) is 9.48. The molecule has 3 unspecified atom stereocenters. The first kappa shape index (κ1) is 87.6. The number of para-hydroxylation sites is 4. The Morgan fingerprint density at radius 2 is 0.727 bits per heavy atom. The summed E-state index contributed by atoms with van der Waals surface area (Å²) in [7, 11) is 0. The van der Waals surface area contributed by atoms with Gasteiger partial charge in [0, 0.05) is 95.3 Å². The Labute approximate surface area is 753 Å². The molecule has 4 amide bonds. The molecule has 0 spiro atoms. The van der Waals surface area contributed by atoms with Crippen LogP contribution < -0.4 is 21.3 Å². The van der Waals surface area contributed by atoms with Gasteiger partial charge in [-0.3, -0.25) is 33.9 Å². The van der Waals surface area contributed by atoms with Gasteiger partial charge in [-0.25, -0.2) is 19.9 Å². The standard InChI is InChI=1S/2C26H27N3OS2.C23H27N3OS2.C21H22ClN3OS2.4H2/c2*30-25(18-31-26-28-23-12-3-4-13-24(23)32-26)27-15-19-7-6-14-29(16-19)17-21-10-5-9-20-8-1-2-11-22(20)21;27-22(17-28-23-25-20-10-4-5-11-21(20)29-23)24-15-19-9-6-13-26(16-19)14-12-18-7-2-1-3-8-18;22-16-7-5-15(6-8-16)13-25-11-9-17(10-12-25)23-20(26)14-27-21-24-18-3-1-2-4-19(18)28-21;;;;/h2*1-5,8-13,19H,6-7,14-18H2,(H,27,30);1-5,7-8,10-11,19H,6,9,12-17H2,(H,24,27);1-8,17H,9-14H2,(H,23,26);4*1H. The van der Waals surface area contributed by atoms with Crippen molar-refractivity contribution in [1.29, 1.82) is 0 Å². The van der Waals surface area contributed by atoms with E-state index in [-0.39, 0.29) is 35.4 Å². The van der Waals surface area contributed by atoms with E-state index < -0.39 is 0 Å². The first-order chi connectivity index (χ1) is 59.4. The fourth-order valence-electron chi connectivity index (χ4n) is 16.2. The Balaban J connectivity index is 0.000000161. The fourth-order valence-corrected chi connectivity index (χ4v) is 23.9. The summed E-state index contributed by atoms with van der Waals surface area (Å²) in [6.07, 6.45) is 10.2. The van der Waals surface area contributed by atoms with E-state index in [0.717, 1.165) is 155 Å². The number of benzene rings is 10. The molecule has 18 rings (SSSR count). The summed E-state index contributed by atoms with van der Waals surface area (Å²) in [6, 6.07) is 81.8. The van der Waals surface area contributed by atoms with Crippen LogP contribution >= 0.6 is 104 Å². The van der Waals surface area contributed by atoms with Gasteiger partial charge in [0.25, 0.3) is 0 Å². The van der Waals surface area contributed by atoms with Crippen LogP contribution in [0.3, 0.4) is 0 Å². The maximum absolute atomic E-state index is 12.4. The summed E-state index contributed by atoms with van der Waals surface area (Å²) < 4.78 is 8.51. The van der Waals surface area contributed by atoms with Gasteiger partial charge in [0.15, 0.2) is 17.4 Å². The molecular weight excluding hydrogens is 1680 g/mol. The predicted molar refractivity (Wildman–Crippen MR) is 520 cm³/mol. The number of nitrogens with one attached hydrogen (secondary N) is 4. The lowest BCUT2D eigenvalue weighted by molar-refractivity contribution is -0.120. The van der Waals surface area contributed by atoms with Gasteiger partial charge in [-0.1, -0.05) is 235 Å². The van der Waals surface area contributed by atoms with Crippen LogP contribution in [0.2, 0.25) is 5.02 Å². The minimum atomic E-state index is 0. The highest BCUT2D eigenvalue weighted by atomic mass is 35.5. The number of carbonyl (C=O) groups excluding carboxylic acids is 4. The maximum Gasteiger partial charge on any atom is 0.230 e. The number of rotatable bonds is 28. The molecule has 121 heavy (non-hydrogen) atoms. The van der Waals surface area contributed by atoms with Gasteiger partial charge in [0.2, 0.25) is 23.6 Å². The lowest BCUT2D eigenvalue weighted by Gasteiger charge is -2.33. The second-order valence-electron chi connectivity index (χ2n) is 31.4. The van der Waals surface area contributed by atoms with Gasteiger partial charge in [-0.15, -0.1) is 45.3 Å². The predicted octanol–water partition coefficient (Wildman–Crippen LogP) is 21.4. The zero-order chi connectivity index (χ0) is 82.7.